The zero-order valence-electron chi connectivity index (χ0n) is 10.2. The van der Waals surface area contributed by atoms with Gasteiger partial charge in [0.25, 0.3) is 0 Å². The van der Waals surface area contributed by atoms with Crippen molar-refractivity contribution in [3.8, 4) is 0 Å². The number of nitrogens with one attached hydrogen (secondary N) is 2. The van der Waals surface area contributed by atoms with Crippen molar-refractivity contribution in [2.45, 2.75) is 19.9 Å². The molecule has 4 heteroatoms. The lowest BCUT2D eigenvalue weighted by Gasteiger charge is -2.11. The standard InChI is InChI=1S/C13H18N2O2/c1-3-17-7-6-14-12-10-8-9(2)4-5-11(10)15-13(12)16/h4-5,8,12,14H,3,6-7H2,1-2H3,(H,15,16). The summed E-state index contributed by atoms with van der Waals surface area (Å²) in [5.41, 5.74) is 3.11. The summed E-state index contributed by atoms with van der Waals surface area (Å²) in [6, 6.07) is 5.76. The molecule has 0 fully saturated rings. The zero-order valence-corrected chi connectivity index (χ0v) is 10.2. The monoisotopic (exact) mass is 234 g/mol. The molecule has 17 heavy (non-hydrogen) atoms. The van der Waals surface area contributed by atoms with E-state index in [-0.39, 0.29) is 11.9 Å². The highest BCUT2D eigenvalue weighted by Gasteiger charge is 2.29. The van der Waals surface area contributed by atoms with E-state index in [0.29, 0.717) is 19.8 Å². The summed E-state index contributed by atoms with van der Waals surface area (Å²) in [5.74, 6) is 0.0158. The van der Waals surface area contributed by atoms with Crippen LogP contribution in [0.2, 0.25) is 0 Å². The molecule has 0 aliphatic carbocycles. The third kappa shape index (κ3) is 2.65. The summed E-state index contributed by atoms with van der Waals surface area (Å²) in [6.45, 7) is 6.00. The summed E-state index contributed by atoms with van der Waals surface area (Å²) in [7, 11) is 0. The molecule has 1 heterocycles. The second-order valence-corrected chi connectivity index (χ2v) is 4.16. The van der Waals surface area contributed by atoms with Gasteiger partial charge in [-0.3, -0.25) is 10.1 Å². The lowest BCUT2D eigenvalue weighted by Crippen LogP contribution is -2.30. The van der Waals surface area contributed by atoms with Crippen molar-refractivity contribution in [2.24, 2.45) is 0 Å². The first-order chi connectivity index (χ1) is 8.22. The second-order valence-electron chi connectivity index (χ2n) is 4.16. The normalized spacial score (nSPS) is 18.0. The number of ether oxygens (including phenoxy) is 1. The van der Waals surface area contributed by atoms with Crippen molar-refractivity contribution >= 4 is 11.6 Å². The summed E-state index contributed by atoms with van der Waals surface area (Å²) in [5, 5.41) is 6.09. The highest BCUT2D eigenvalue weighted by molar-refractivity contribution is 6.02. The largest absolute Gasteiger partial charge is 0.380 e. The maximum absolute atomic E-state index is 11.8. The molecule has 1 aromatic carbocycles. The lowest BCUT2D eigenvalue weighted by molar-refractivity contribution is -0.117. The third-order valence-corrected chi connectivity index (χ3v) is 2.84. The predicted molar refractivity (Wildman–Crippen MR) is 67.0 cm³/mol. The van der Waals surface area contributed by atoms with Crippen LogP contribution in [0.25, 0.3) is 0 Å². The summed E-state index contributed by atoms with van der Waals surface area (Å²) in [6.07, 6.45) is 0. The van der Waals surface area contributed by atoms with E-state index in [4.69, 9.17) is 4.74 Å². The van der Waals surface area contributed by atoms with Crippen LogP contribution in [0.3, 0.4) is 0 Å². The van der Waals surface area contributed by atoms with Crippen LogP contribution >= 0.6 is 0 Å². The first kappa shape index (κ1) is 12.1. The van der Waals surface area contributed by atoms with Crippen molar-refractivity contribution in [1.29, 1.82) is 0 Å². The first-order valence-electron chi connectivity index (χ1n) is 5.95. The maximum Gasteiger partial charge on any atom is 0.246 e. The van der Waals surface area contributed by atoms with Crippen molar-refractivity contribution in [3.63, 3.8) is 0 Å². The van der Waals surface area contributed by atoms with Crippen molar-refractivity contribution < 1.29 is 9.53 Å². The molecule has 1 aliphatic rings. The van der Waals surface area contributed by atoms with Gasteiger partial charge in [-0.1, -0.05) is 17.7 Å². The van der Waals surface area contributed by atoms with E-state index in [0.717, 1.165) is 16.8 Å². The molecule has 0 aromatic heterocycles. The van der Waals surface area contributed by atoms with Crippen molar-refractivity contribution in [3.05, 3.63) is 29.3 Å². The number of carbonyl (C=O) groups excluding carboxylic acids is 1. The van der Waals surface area contributed by atoms with Gasteiger partial charge in [-0.15, -0.1) is 0 Å². The van der Waals surface area contributed by atoms with E-state index in [2.05, 4.69) is 10.6 Å². The lowest BCUT2D eigenvalue weighted by atomic mass is 10.1. The number of rotatable bonds is 5. The van der Waals surface area contributed by atoms with Crippen LogP contribution in [0.5, 0.6) is 0 Å². The van der Waals surface area contributed by atoms with Gasteiger partial charge in [-0.05, 0) is 19.9 Å². The Morgan fingerprint density at radius 2 is 2.29 bits per heavy atom. The molecule has 0 saturated heterocycles. The number of carbonyl (C=O) groups is 1. The topological polar surface area (TPSA) is 50.4 Å². The third-order valence-electron chi connectivity index (χ3n) is 2.84. The quantitative estimate of drug-likeness (QED) is 0.761. The fourth-order valence-electron chi connectivity index (χ4n) is 2.00. The fourth-order valence-corrected chi connectivity index (χ4v) is 2.00. The molecular weight excluding hydrogens is 216 g/mol. The van der Waals surface area contributed by atoms with E-state index in [1.807, 2.05) is 32.0 Å². The highest BCUT2D eigenvalue weighted by Crippen LogP contribution is 2.31. The molecule has 2 N–H and O–H groups in total. The fraction of sp³-hybridized carbons (Fsp3) is 0.462. The van der Waals surface area contributed by atoms with Crippen molar-refractivity contribution in [1.82, 2.24) is 5.32 Å². The zero-order chi connectivity index (χ0) is 12.3. The van der Waals surface area contributed by atoms with Crippen LogP contribution in [0, 0.1) is 6.92 Å². The molecule has 0 spiro atoms. The molecule has 4 nitrogen and oxygen atoms in total. The summed E-state index contributed by atoms with van der Waals surface area (Å²) in [4.78, 5) is 11.8. The number of hydrogen-bond acceptors (Lipinski definition) is 3. The first-order valence-corrected chi connectivity index (χ1v) is 5.95. The van der Waals surface area contributed by atoms with E-state index < -0.39 is 0 Å². The molecule has 2 rings (SSSR count). The number of anilines is 1. The Hall–Kier alpha value is -1.39. The van der Waals surface area contributed by atoms with Crippen LogP contribution in [-0.4, -0.2) is 25.7 Å². The van der Waals surface area contributed by atoms with Crippen LogP contribution in [-0.2, 0) is 9.53 Å². The van der Waals surface area contributed by atoms with Gasteiger partial charge in [0, 0.05) is 24.4 Å². The Morgan fingerprint density at radius 1 is 1.47 bits per heavy atom. The summed E-state index contributed by atoms with van der Waals surface area (Å²) < 4.78 is 5.25. The van der Waals surface area contributed by atoms with Gasteiger partial charge in [0.1, 0.15) is 6.04 Å². The predicted octanol–water partition coefficient (Wildman–Crippen LogP) is 1.61. The molecule has 0 bridgehead atoms. The number of amides is 1. The Morgan fingerprint density at radius 3 is 3.06 bits per heavy atom. The Labute approximate surface area is 101 Å². The van der Waals surface area contributed by atoms with Gasteiger partial charge < -0.3 is 10.1 Å². The molecular formula is C13H18N2O2. The maximum atomic E-state index is 11.8. The van der Waals surface area contributed by atoms with Gasteiger partial charge in [0.2, 0.25) is 5.91 Å². The second kappa shape index (κ2) is 5.29. The molecule has 1 unspecified atom stereocenters. The van der Waals surface area contributed by atoms with Gasteiger partial charge >= 0.3 is 0 Å². The van der Waals surface area contributed by atoms with Gasteiger partial charge in [0.15, 0.2) is 0 Å². The van der Waals surface area contributed by atoms with Crippen molar-refractivity contribution in [2.75, 3.05) is 25.1 Å². The number of benzene rings is 1. The number of aryl methyl sites for hydroxylation is 1. The Kier molecular flexibility index (Phi) is 3.76. The molecule has 0 radical (unpaired) electrons. The van der Waals surface area contributed by atoms with Crippen LogP contribution in [0.4, 0.5) is 5.69 Å². The number of hydrogen-bond donors (Lipinski definition) is 2. The molecule has 1 atom stereocenters. The minimum Gasteiger partial charge on any atom is -0.380 e. The molecule has 0 saturated carbocycles. The smallest absolute Gasteiger partial charge is 0.246 e. The summed E-state index contributed by atoms with van der Waals surface area (Å²) >= 11 is 0. The minimum atomic E-state index is -0.245. The minimum absolute atomic E-state index is 0.0158. The van der Waals surface area contributed by atoms with E-state index >= 15 is 0 Å². The Balaban J connectivity index is 2.03. The highest BCUT2D eigenvalue weighted by atomic mass is 16.5. The SMILES string of the molecule is CCOCCNC1C(=O)Nc2ccc(C)cc21. The van der Waals surface area contributed by atoms with Gasteiger partial charge in [-0.2, -0.15) is 0 Å². The molecule has 92 valence electrons. The van der Waals surface area contributed by atoms with E-state index in [1.54, 1.807) is 0 Å². The average Bonchev–Trinajstić information content (AvgIpc) is 2.61. The van der Waals surface area contributed by atoms with Crippen LogP contribution in [0.15, 0.2) is 18.2 Å². The van der Waals surface area contributed by atoms with E-state index in [9.17, 15) is 4.79 Å². The number of fused-ring (bicyclic) bond motifs is 1. The van der Waals surface area contributed by atoms with Gasteiger partial charge in [-0.25, -0.2) is 0 Å². The van der Waals surface area contributed by atoms with Crippen LogP contribution < -0.4 is 10.6 Å². The Bertz CT molecular complexity index is 418. The molecule has 1 aliphatic heterocycles. The molecule has 1 amide bonds. The van der Waals surface area contributed by atoms with E-state index in [1.165, 1.54) is 0 Å². The van der Waals surface area contributed by atoms with Gasteiger partial charge in [0.05, 0.1) is 6.61 Å². The average molecular weight is 234 g/mol. The van der Waals surface area contributed by atoms with Crippen LogP contribution in [0.1, 0.15) is 24.1 Å². The molecule has 1 aromatic rings.